The van der Waals surface area contributed by atoms with Gasteiger partial charge in [0.2, 0.25) is 11.8 Å². The van der Waals surface area contributed by atoms with Crippen molar-refractivity contribution in [1.29, 1.82) is 0 Å². The van der Waals surface area contributed by atoms with Crippen molar-refractivity contribution < 1.29 is 9.59 Å². The van der Waals surface area contributed by atoms with Crippen LogP contribution in [0.3, 0.4) is 0 Å². The minimum absolute atomic E-state index is 0.0739. The maximum atomic E-state index is 11.6. The Morgan fingerprint density at radius 2 is 1.83 bits per heavy atom. The summed E-state index contributed by atoms with van der Waals surface area (Å²) in [6, 6.07) is 7.45. The summed E-state index contributed by atoms with van der Waals surface area (Å²) in [5, 5.41) is 2.87. The van der Waals surface area contributed by atoms with E-state index in [2.05, 4.69) is 5.32 Å². The van der Waals surface area contributed by atoms with Crippen molar-refractivity contribution in [3.05, 3.63) is 29.8 Å². The molecule has 0 bridgehead atoms. The molecule has 1 aromatic carbocycles. The number of likely N-dealkylation sites (N-methyl/N-ethyl adjacent to an activating group) is 1. The third-order valence-corrected chi connectivity index (χ3v) is 3.02. The van der Waals surface area contributed by atoms with Gasteiger partial charge in [-0.3, -0.25) is 9.59 Å². The Morgan fingerprint density at radius 1 is 1.22 bits per heavy atom. The van der Waals surface area contributed by atoms with Gasteiger partial charge in [-0.2, -0.15) is 0 Å². The summed E-state index contributed by atoms with van der Waals surface area (Å²) in [4.78, 5) is 24.7. The van der Waals surface area contributed by atoms with Gasteiger partial charge in [0.25, 0.3) is 0 Å². The van der Waals surface area contributed by atoms with Gasteiger partial charge in [0.15, 0.2) is 0 Å². The van der Waals surface area contributed by atoms with Gasteiger partial charge in [-0.15, -0.1) is 0 Å². The Balaban J connectivity index is 1.92. The zero-order chi connectivity index (χ0) is 13.1. The molecule has 1 aliphatic rings. The molecule has 96 valence electrons. The number of benzene rings is 1. The Labute approximate surface area is 107 Å². The second-order valence-corrected chi connectivity index (χ2v) is 4.93. The summed E-state index contributed by atoms with van der Waals surface area (Å²) in [6.07, 6.45) is 2.40. The molecule has 2 amide bonds. The fraction of sp³-hybridized carbons (Fsp3) is 0.429. The van der Waals surface area contributed by atoms with Crippen molar-refractivity contribution in [2.24, 2.45) is 5.92 Å². The zero-order valence-electron chi connectivity index (χ0n) is 10.8. The molecule has 0 saturated heterocycles. The van der Waals surface area contributed by atoms with E-state index in [4.69, 9.17) is 0 Å². The van der Waals surface area contributed by atoms with E-state index >= 15 is 0 Å². The van der Waals surface area contributed by atoms with Crippen LogP contribution in [0.5, 0.6) is 0 Å². The van der Waals surface area contributed by atoms with Crippen molar-refractivity contribution in [2.75, 3.05) is 19.4 Å². The molecule has 1 N–H and O–H groups in total. The van der Waals surface area contributed by atoms with Crippen LogP contribution in [0.4, 0.5) is 5.69 Å². The van der Waals surface area contributed by atoms with E-state index in [1.54, 1.807) is 19.0 Å². The molecule has 0 radical (unpaired) electrons. The molecular formula is C14H18N2O2. The number of anilines is 1. The van der Waals surface area contributed by atoms with Crippen molar-refractivity contribution in [3.8, 4) is 0 Å². The van der Waals surface area contributed by atoms with Crippen LogP contribution < -0.4 is 5.32 Å². The lowest BCUT2D eigenvalue weighted by Gasteiger charge is -2.10. The standard InChI is InChI=1S/C14H18N2O2/c1-16(2)13(17)9-10-3-7-12(8-4-10)15-14(18)11-5-6-11/h3-4,7-8,11H,5-6,9H2,1-2H3,(H,15,18). The van der Waals surface area contributed by atoms with Crippen LogP contribution in [0.1, 0.15) is 18.4 Å². The van der Waals surface area contributed by atoms with Crippen molar-refractivity contribution >= 4 is 17.5 Å². The molecule has 0 unspecified atom stereocenters. The largest absolute Gasteiger partial charge is 0.349 e. The Hall–Kier alpha value is -1.84. The van der Waals surface area contributed by atoms with Gasteiger partial charge in [-0.05, 0) is 30.5 Å². The van der Waals surface area contributed by atoms with Crippen LogP contribution in [0.2, 0.25) is 0 Å². The van der Waals surface area contributed by atoms with Gasteiger partial charge in [0, 0.05) is 25.7 Å². The minimum atomic E-state index is 0.0739. The third-order valence-electron chi connectivity index (χ3n) is 3.02. The number of carbonyl (C=O) groups excluding carboxylic acids is 2. The third kappa shape index (κ3) is 3.32. The zero-order valence-corrected chi connectivity index (χ0v) is 10.8. The van der Waals surface area contributed by atoms with Crippen LogP contribution >= 0.6 is 0 Å². The van der Waals surface area contributed by atoms with Crippen LogP contribution in [0.15, 0.2) is 24.3 Å². The van der Waals surface area contributed by atoms with Crippen LogP contribution in [0, 0.1) is 5.92 Å². The van der Waals surface area contributed by atoms with E-state index in [1.165, 1.54) is 0 Å². The van der Waals surface area contributed by atoms with Crippen LogP contribution in [-0.4, -0.2) is 30.8 Å². The lowest BCUT2D eigenvalue weighted by Crippen LogP contribution is -2.23. The molecule has 1 aromatic rings. The Morgan fingerprint density at radius 3 is 2.33 bits per heavy atom. The molecule has 0 spiro atoms. The quantitative estimate of drug-likeness (QED) is 0.878. The van der Waals surface area contributed by atoms with Crippen molar-refractivity contribution in [3.63, 3.8) is 0 Å². The molecule has 1 aliphatic carbocycles. The molecule has 1 saturated carbocycles. The maximum absolute atomic E-state index is 11.6. The Kier molecular flexibility index (Phi) is 3.65. The lowest BCUT2D eigenvalue weighted by atomic mass is 10.1. The molecule has 0 heterocycles. The fourth-order valence-electron chi connectivity index (χ4n) is 1.63. The van der Waals surface area contributed by atoms with E-state index in [0.29, 0.717) is 6.42 Å². The van der Waals surface area contributed by atoms with Gasteiger partial charge >= 0.3 is 0 Å². The SMILES string of the molecule is CN(C)C(=O)Cc1ccc(NC(=O)C2CC2)cc1. The van der Waals surface area contributed by atoms with Gasteiger partial charge in [0.05, 0.1) is 6.42 Å². The maximum Gasteiger partial charge on any atom is 0.227 e. The molecule has 0 atom stereocenters. The average molecular weight is 246 g/mol. The molecular weight excluding hydrogens is 228 g/mol. The molecule has 4 heteroatoms. The molecule has 1 fully saturated rings. The average Bonchev–Trinajstić information content (AvgIpc) is 3.15. The summed E-state index contributed by atoms with van der Waals surface area (Å²) in [5.41, 5.74) is 1.76. The first-order valence-electron chi connectivity index (χ1n) is 6.16. The first-order chi connectivity index (χ1) is 8.56. The van der Waals surface area contributed by atoms with E-state index in [-0.39, 0.29) is 17.7 Å². The number of amides is 2. The Bertz CT molecular complexity index is 412. The summed E-state index contributed by atoms with van der Waals surface area (Å²) < 4.78 is 0. The number of nitrogens with one attached hydrogen (secondary N) is 1. The van der Waals surface area contributed by atoms with Crippen molar-refractivity contribution in [1.82, 2.24) is 4.90 Å². The lowest BCUT2D eigenvalue weighted by molar-refractivity contribution is -0.128. The monoisotopic (exact) mass is 246 g/mol. The van der Waals surface area contributed by atoms with Crippen LogP contribution in [0.25, 0.3) is 0 Å². The van der Waals surface area contributed by atoms with Gasteiger partial charge in [-0.1, -0.05) is 12.1 Å². The smallest absolute Gasteiger partial charge is 0.227 e. The fourth-order valence-corrected chi connectivity index (χ4v) is 1.63. The van der Waals surface area contributed by atoms with E-state index in [0.717, 1.165) is 24.1 Å². The predicted octanol–water partition coefficient (Wildman–Crippen LogP) is 1.67. The molecule has 0 aliphatic heterocycles. The number of rotatable bonds is 4. The molecule has 18 heavy (non-hydrogen) atoms. The topological polar surface area (TPSA) is 49.4 Å². The minimum Gasteiger partial charge on any atom is -0.349 e. The summed E-state index contributed by atoms with van der Waals surface area (Å²) in [7, 11) is 3.49. The first kappa shape index (κ1) is 12.6. The van der Waals surface area contributed by atoms with E-state index < -0.39 is 0 Å². The summed E-state index contributed by atoms with van der Waals surface area (Å²) in [5.74, 6) is 0.386. The van der Waals surface area contributed by atoms with E-state index in [9.17, 15) is 9.59 Å². The first-order valence-corrected chi connectivity index (χ1v) is 6.16. The number of nitrogens with zero attached hydrogens (tertiary/aromatic N) is 1. The second kappa shape index (κ2) is 5.21. The summed E-state index contributed by atoms with van der Waals surface area (Å²) >= 11 is 0. The van der Waals surface area contributed by atoms with Crippen molar-refractivity contribution in [2.45, 2.75) is 19.3 Å². The predicted molar refractivity (Wildman–Crippen MR) is 70.2 cm³/mol. The van der Waals surface area contributed by atoms with Gasteiger partial charge in [-0.25, -0.2) is 0 Å². The molecule has 4 nitrogen and oxygen atoms in total. The highest BCUT2D eigenvalue weighted by molar-refractivity contribution is 5.94. The van der Waals surface area contributed by atoms with Gasteiger partial charge in [0.1, 0.15) is 0 Å². The number of hydrogen-bond donors (Lipinski definition) is 1. The molecule has 0 aromatic heterocycles. The normalized spacial score (nSPS) is 14.1. The van der Waals surface area contributed by atoms with Gasteiger partial charge < -0.3 is 10.2 Å². The van der Waals surface area contributed by atoms with E-state index in [1.807, 2.05) is 24.3 Å². The summed E-state index contributed by atoms with van der Waals surface area (Å²) in [6.45, 7) is 0. The number of hydrogen-bond acceptors (Lipinski definition) is 2. The highest BCUT2D eigenvalue weighted by Gasteiger charge is 2.29. The number of carbonyl (C=O) groups is 2. The highest BCUT2D eigenvalue weighted by Crippen LogP contribution is 2.30. The highest BCUT2D eigenvalue weighted by atomic mass is 16.2. The second-order valence-electron chi connectivity index (χ2n) is 4.93. The molecule has 2 rings (SSSR count). The van der Waals surface area contributed by atoms with Crippen LogP contribution in [-0.2, 0) is 16.0 Å².